The summed E-state index contributed by atoms with van der Waals surface area (Å²) in [6.45, 7) is 3.73. The minimum Gasteiger partial charge on any atom is -0.497 e. The Kier molecular flexibility index (Phi) is 5.78. The number of hydrogen-bond donors (Lipinski definition) is 2. The van der Waals surface area contributed by atoms with E-state index >= 15 is 0 Å². The molecule has 0 saturated carbocycles. The summed E-state index contributed by atoms with van der Waals surface area (Å²) >= 11 is 0. The molecule has 0 saturated heterocycles. The molecule has 1 aromatic rings. The van der Waals surface area contributed by atoms with Gasteiger partial charge in [-0.3, -0.25) is 0 Å². The van der Waals surface area contributed by atoms with Crippen LogP contribution in [0.5, 0.6) is 5.75 Å². The van der Waals surface area contributed by atoms with E-state index in [1.54, 1.807) is 12.1 Å². The van der Waals surface area contributed by atoms with Crippen LogP contribution >= 0.6 is 0 Å². The van der Waals surface area contributed by atoms with E-state index in [-0.39, 0.29) is 11.5 Å². The smallest absolute Gasteiger partial charge is 0.241 e. The highest BCUT2D eigenvalue weighted by Gasteiger charge is 2.20. The van der Waals surface area contributed by atoms with Crippen LogP contribution in [0.1, 0.15) is 20.3 Å². The van der Waals surface area contributed by atoms with E-state index in [0.717, 1.165) is 0 Å². The van der Waals surface area contributed by atoms with Crippen molar-refractivity contribution in [3.63, 3.8) is 0 Å². The molecule has 1 rings (SSSR count). The molecule has 0 radical (unpaired) electrons. The quantitative estimate of drug-likeness (QED) is 0.794. The zero-order chi connectivity index (χ0) is 14.5. The van der Waals surface area contributed by atoms with Gasteiger partial charge in [0.25, 0.3) is 0 Å². The summed E-state index contributed by atoms with van der Waals surface area (Å²) in [5, 5.41) is 9.23. The molecule has 2 N–H and O–H groups in total. The van der Waals surface area contributed by atoms with Crippen LogP contribution < -0.4 is 9.46 Å². The Labute approximate surface area is 114 Å². The maximum absolute atomic E-state index is 12.2. The maximum atomic E-state index is 12.2. The Morgan fingerprint density at radius 2 is 2.05 bits per heavy atom. The summed E-state index contributed by atoms with van der Waals surface area (Å²) in [6.07, 6.45) is 0.583. The van der Waals surface area contributed by atoms with E-state index in [9.17, 15) is 13.5 Å². The average Bonchev–Trinajstić information content (AvgIpc) is 2.37. The number of rotatable bonds is 7. The number of methoxy groups -OCH3 is 1. The van der Waals surface area contributed by atoms with Crippen molar-refractivity contribution in [2.24, 2.45) is 5.92 Å². The molecule has 0 amide bonds. The lowest BCUT2D eigenvalue weighted by atomic mass is 10.1. The highest BCUT2D eigenvalue weighted by atomic mass is 32.2. The van der Waals surface area contributed by atoms with Crippen LogP contribution in [-0.2, 0) is 10.0 Å². The molecule has 6 heteroatoms. The number of aliphatic hydroxyl groups excluding tert-OH is 1. The molecule has 0 aromatic heterocycles. The number of benzene rings is 1. The van der Waals surface area contributed by atoms with Crippen molar-refractivity contribution in [1.82, 2.24) is 4.72 Å². The van der Waals surface area contributed by atoms with Crippen molar-refractivity contribution in [1.29, 1.82) is 0 Å². The number of aliphatic hydroxyl groups is 1. The fourth-order valence-corrected chi connectivity index (χ4v) is 3.06. The lowest BCUT2D eigenvalue weighted by Gasteiger charge is -2.18. The Morgan fingerprint density at radius 3 is 2.58 bits per heavy atom. The normalized spacial score (nSPS) is 13.5. The molecule has 108 valence electrons. The summed E-state index contributed by atoms with van der Waals surface area (Å²) in [5.74, 6) is 0.775. The molecule has 0 spiro atoms. The monoisotopic (exact) mass is 287 g/mol. The fraction of sp³-hybridized carbons (Fsp3) is 0.538. The summed E-state index contributed by atoms with van der Waals surface area (Å²) in [5.41, 5.74) is 0. The first-order valence-electron chi connectivity index (χ1n) is 6.16. The first-order valence-corrected chi connectivity index (χ1v) is 7.64. The van der Waals surface area contributed by atoms with Gasteiger partial charge in [0.1, 0.15) is 5.75 Å². The molecule has 19 heavy (non-hydrogen) atoms. The molecular weight excluding hydrogens is 266 g/mol. The molecule has 0 aliphatic rings. The van der Waals surface area contributed by atoms with Crippen molar-refractivity contribution in [3.8, 4) is 5.75 Å². The second-order valence-electron chi connectivity index (χ2n) is 4.81. The summed E-state index contributed by atoms with van der Waals surface area (Å²) in [4.78, 5) is 0.133. The van der Waals surface area contributed by atoms with Crippen LogP contribution in [0, 0.1) is 5.92 Å². The Hall–Kier alpha value is -1.11. The van der Waals surface area contributed by atoms with Gasteiger partial charge in [-0.15, -0.1) is 0 Å². The molecule has 1 atom stereocenters. The molecule has 0 fully saturated rings. The van der Waals surface area contributed by atoms with Gasteiger partial charge in [0.15, 0.2) is 0 Å². The van der Waals surface area contributed by atoms with E-state index in [2.05, 4.69) is 4.72 Å². The Balaban J connectivity index is 2.90. The number of nitrogens with one attached hydrogen (secondary N) is 1. The van der Waals surface area contributed by atoms with Crippen molar-refractivity contribution in [3.05, 3.63) is 24.3 Å². The topological polar surface area (TPSA) is 75.6 Å². The van der Waals surface area contributed by atoms with Crippen LogP contribution in [0.15, 0.2) is 29.2 Å². The van der Waals surface area contributed by atoms with Gasteiger partial charge in [-0.05, 0) is 24.5 Å². The zero-order valence-electron chi connectivity index (χ0n) is 11.5. The van der Waals surface area contributed by atoms with Crippen LogP contribution in [-0.4, -0.2) is 33.3 Å². The standard InChI is InChI=1S/C13H21NO4S/c1-10(2)7-11(9-15)14-19(16,17)13-6-4-5-12(8-13)18-3/h4-6,8,10-11,14-15H,7,9H2,1-3H3. The highest BCUT2D eigenvalue weighted by Crippen LogP contribution is 2.18. The van der Waals surface area contributed by atoms with Crippen LogP contribution in [0.2, 0.25) is 0 Å². The van der Waals surface area contributed by atoms with Gasteiger partial charge in [-0.25, -0.2) is 13.1 Å². The summed E-state index contributed by atoms with van der Waals surface area (Å²) in [7, 11) is -2.16. The van der Waals surface area contributed by atoms with E-state index in [4.69, 9.17) is 4.74 Å². The zero-order valence-corrected chi connectivity index (χ0v) is 12.3. The molecule has 1 aromatic carbocycles. The molecule has 1 unspecified atom stereocenters. The van der Waals surface area contributed by atoms with Crippen molar-refractivity contribution >= 4 is 10.0 Å². The van der Waals surface area contributed by atoms with E-state index in [0.29, 0.717) is 18.1 Å². The molecular formula is C13H21NO4S. The van der Waals surface area contributed by atoms with E-state index in [1.807, 2.05) is 13.8 Å². The largest absolute Gasteiger partial charge is 0.497 e. The van der Waals surface area contributed by atoms with Gasteiger partial charge in [-0.1, -0.05) is 19.9 Å². The number of ether oxygens (including phenoxy) is 1. The number of sulfonamides is 1. The molecule has 0 bridgehead atoms. The highest BCUT2D eigenvalue weighted by molar-refractivity contribution is 7.89. The van der Waals surface area contributed by atoms with Crippen LogP contribution in [0.3, 0.4) is 0 Å². The van der Waals surface area contributed by atoms with E-state index in [1.165, 1.54) is 19.2 Å². The van der Waals surface area contributed by atoms with Crippen molar-refractivity contribution in [2.75, 3.05) is 13.7 Å². The third-order valence-electron chi connectivity index (χ3n) is 2.65. The molecule has 5 nitrogen and oxygen atoms in total. The molecule has 0 aliphatic carbocycles. The van der Waals surface area contributed by atoms with Gasteiger partial charge < -0.3 is 9.84 Å². The van der Waals surface area contributed by atoms with Crippen molar-refractivity contribution in [2.45, 2.75) is 31.2 Å². The fourth-order valence-electron chi connectivity index (χ4n) is 1.78. The number of hydrogen-bond acceptors (Lipinski definition) is 4. The molecule has 0 aliphatic heterocycles. The third kappa shape index (κ3) is 4.81. The van der Waals surface area contributed by atoms with Crippen LogP contribution in [0.25, 0.3) is 0 Å². The minimum atomic E-state index is -3.64. The second-order valence-corrected chi connectivity index (χ2v) is 6.52. The maximum Gasteiger partial charge on any atom is 0.241 e. The molecule has 0 heterocycles. The van der Waals surface area contributed by atoms with Gasteiger partial charge in [0, 0.05) is 12.1 Å². The summed E-state index contributed by atoms with van der Waals surface area (Å²) in [6, 6.07) is 5.76. The SMILES string of the molecule is COc1cccc(S(=O)(=O)NC(CO)CC(C)C)c1. The average molecular weight is 287 g/mol. The second kappa shape index (κ2) is 6.88. The third-order valence-corrected chi connectivity index (χ3v) is 4.17. The lowest BCUT2D eigenvalue weighted by Crippen LogP contribution is -2.38. The summed E-state index contributed by atoms with van der Waals surface area (Å²) < 4.78 is 31.9. The first kappa shape index (κ1) is 15.9. The van der Waals surface area contributed by atoms with Crippen molar-refractivity contribution < 1.29 is 18.3 Å². The van der Waals surface area contributed by atoms with E-state index < -0.39 is 16.1 Å². The van der Waals surface area contributed by atoms with Crippen LogP contribution in [0.4, 0.5) is 0 Å². The Bertz CT molecular complexity index is 499. The van der Waals surface area contributed by atoms with Gasteiger partial charge >= 0.3 is 0 Å². The first-order chi connectivity index (χ1) is 8.89. The van der Waals surface area contributed by atoms with Gasteiger partial charge in [0.05, 0.1) is 18.6 Å². The lowest BCUT2D eigenvalue weighted by molar-refractivity contribution is 0.240. The Morgan fingerprint density at radius 1 is 1.37 bits per heavy atom. The minimum absolute atomic E-state index is 0.133. The van der Waals surface area contributed by atoms with Gasteiger partial charge in [0.2, 0.25) is 10.0 Å². The van der Waals surface area contributed by atoms with Gasteiger partial charge in [-0.2, -0.15) is 0 Å². The predicted octanol–water partition coefficient (Wildman–Crippen LogP) is 1.38. The predicted molar refractivity (Wildman–Crippen MR) is 73.6 cm³/mol.